The second-order valence-electron chi connectivity index (χ2n) is 3.87. The Bertz CT molecular complexity index is 350. The topological polar surface area (TPSA) is 38.0 Å². The third-order valence-electron chi connectivity index (χ3n) is 2.60. The molecule has 0 aliphatic rings. The highest BCUT2D eigenvalue weighted by Gasteiger charge is 2.33. The molecule has 1 aromatic carbocycles. The lowest BCUT2D eigenvalue weighted by Gasteiger charge is -2.20. The Kier molecular flexibility index (Phi) is 4.81. The molecule has 0 fully saturated rings. The summed E-state index contributed by atoms with van der Waals surface area (Å²) in [5, 5.41) is 2.90. The maximum Gasteiger partial charge on any atom is 0.418 e. The van der Waals surface area contributed by atoms with E-state index in [1.54, 1.807) is 6.07 Å². The lowest BCUT2D eigenvalue weighted by molar-refractivity contribution is -0.137. The third-order valence-corrected chi connectivity index (χ3v) is 2.60. The van der Waals surface area contributed by atoms with E-state index in [2.05, 4.69) is 5.32 Å². The van der Waals surface area contributed by atoms with Crippen molar-refractivity contribution >= 4 is 5.69 Å². The average Bonchev–Trinajstić information content (AvgIpc) is 2.27. The fourth-order valence-electron chi connectivity index (χ4n) is 1.66. The zero-order valence-electron chi connectivity index (χ0n) is 9.72. The van der Waals surface area contributed by atoms with Gasteiger partial charge >= 0.3 is 6.18 Å². The molecule has 0 bridgehead atoms. The van der Waals surface area contributed by atoms with E-state index in [9.17, 15) is 13.2 Å². The number of alkyl halides is 3. The van der Waals surface area contributed by atoms with E-state index < -0.39 is 11.7 Å². The van der Waals surface area contributed by atoms with Gasteiger partial charge in [-0.2, -0.15) is 13.2 Å². The number of hydrogen-bond donors (Lipinski definition) is 2. The molecule has 1 aromatic rings. The smallest absolute Gasteiger partial charge is 0.382 e. The van der Waals surface area contributed by atoms with Gasteiger partial charge in [0.1, 0.15) is 0 Å². The Balaban J connectivity index is 2.90. The van der Waals surface area contributed by atoms with E-state index in [1.807, 2.05) is 6.92 Å². The second kappa shape index (κ2) is 5.91. The zero-order valence-corrected chi connectivity index (χ0v) is 9.72. The number of rotatable bonds is 5. The molecule has 1 atom stereocenters. The van der Waals surface area contributed by atoms with Gasteiger partial charge in [0, 0.05) is 11.7 Å². The fourth-order valence-corrected chi connectivity index (χ4v) is 1.66. The van der Waals surface area contributed by atoms with Crippen LogP contribution in [0.3, 0.4) is 0 Å². The van der Waals surface area contributed by atoms with Gasteiger partial charge in [-0.3, -0.25) is 0 Å². The van der Waals surface area contributed by atoms with Gasteiger partial charge in [-0.1, -0.05) is 19.1 Å². The minimum absolute atomic E-state index is 0.0245. The highest BCUT2D eigenvalue weighted by Crippen LogP contribution is 2.35. The number of benzene rings is 1. The third kappa shape index (κ3) is 3.93. The number of nitrogens with two attached hydrogens (primary N) is 1. The van der Waals surface area contributed by atoms with Crippen molar-refractivity contribution < 1.29 is 13.2 Å². The molecule has 1 rings (SSSR count). The molecule has 0 spiro atoms. The van der Waals surface area contributed by atoms with Crippen LogP contribution in [0.2, 0.25) is 0 Å². The SMILES string of the molecule is CCC(CCN)Nc1ccccc1C(F)(F)F. The van der Waals surface area contributed by atoms with Gasteiger partial charge in [-0.15, -0.1) is 0 Å². The summed E-state index contributed by atoms with van der Waals surface area (Å²) in [6, 6.07) is 5.48. The van der Waals surface area contributed by atoms with Crippen LogP contribution in [0.15, 0.2) is 24.3 Å². The average molecular weight is 246 g/mol. The van der Waals surface area contributed by atoms with E-state index in [0.29, 0.717) is 13.0 Å². The van der Waals surface area contributed by atoms with Crippen molar-refractivity contribution in [2.45, 2.75) is 32.0 Å². The van der Waals surface area contributed by atoms with Gasteiger partial charge < -0.3 is 11.1 Å². The van der Waals surface area contributed by atoms with E-state index in [-0.39, 0.29) is 11.7 Å². The number of hydrogen-bond acceptors (Lipinski definition) is 2. The highest BCUT2D eigenvalue weighted by molar-refractivity contribution is 5.53. The van der Waals surface area contributed by atoms with Crippen molar-refractivity contribution in [3.8, 4) is 0 Å². The summed E-state index contributed by atoms with van der Waals surface area (Å²) in [4.78, 5) is 0. The minimum Gasteiger partial charge on any atom is -0.382 e. The standard InChI is InChI=1S/C12H17F3N2/c1-2-9(7-8-16)17-11-6-4-3-5-10(11)12(13,14)15/h3-6,9,17H,2,7-8,16H2,1H3. The predicted octanol–water partition coefficient (Wildman–Crippen LogP) is 3.24. The van der Waals surface area contributed by atoms with Crippen LogP contribution in [-0.2, 0) is 6.18 Å². The molecule has 0 radical (unpaired) electrons. The first-order valence-electron chi connectivity index (χ1n) is 5.61. The molecule has 0 heterocycles. The van der Waals surface area contributed by atoms with E-state index >= 15 is 0 Å². The van der Waals surface area contributed by atoms with Crippen molar-refractivity contribution in [1.29, 1.82) is 0 Å². The Morgan fingerprint density at radius 1 is 1.29 bits per heavy atom. The first-order chi connectivity index (χ1) is 7.99. The van der Waals surface area contributed by atoms with Crippen LogP contribution in [0.5, 0.6) is 0 Å². The zero-order chi connectivity index (χ0) is 12.9. The van der Waals surface area contributed by atoms with E-state index in [1.165, 1.54) is 12.1 Å². The van der Waals surface area contributed by atoms with Gasteiger partial charge in [-0.25, -0.2) is 0 Å². The van der Waals surface area contributed by atoms with E-state index in [4.69, 9.17) is 5.73 Å². The summed E-state index contributed by atoms with van der Waals surface area (Å²) >= 11 is 0. The summed E-state index contributed by atoms with van der Waals surface area (Å²) in [5.41, 5.74) is 4.92. The summed E-state index contributed by atoms with van der Waals surface area (Å²) in [6.45, 7) is 2.38. The molecule has 96 valence electrons. The van der Waals surface area contributed by atoms with Gasteiger partial charge in [0.25, 0.3) is 0 Å². The predicted molar refractivity (Wildman–Crippen MR) is 62.8 cm³/mol. The molecule has 0 aliphatic carbocycles. The van der Waals surface area contributed by atoms with Crippen molar-refractivity contribution in [3.63, 3.8) is 0 Å². The fraction of sp³-hybridized carbons (Fsp3) is 0.500. The Morgan fingerprint density at radius 3 is 2.47 bits per heavy atom. The molecule has 3 N–H and O–H groups in total. The van der Waals surface area contributed by atoms with Gasteiger partial charge in [0.05, 0.1) is 5.56 Å². The molecular weight excluding hydrogens is 229 g/mol. The van der Waals surface area contributed by atoms with Crippen LogP contribution >= 0.6 is 0 Å². The second-order valence-corrected chi connectivity index (χ2v) is 3.87. The Hall–Kier alpha value is -1.23. The van der Waals surface area contributed by atoms with Crippen molar-refractivity contribution in [3.05, 3.63) is 29.8 Å². The monoisotopic (exact) mass is 246 g/mol. The van der Waals surface area contributed by atoms with Crippen molar-refractivity contribution in [1.82, 2.24) is 0 Å². The largest absolute Gasteiger partial charge is 0.418 e. The van der Waals surface area contributed by atoms with Crippen LogP contribution < -0.4 is 11.1 Å². The van der Waals surface area contributed by atoms with Crippen LogP contribution in [0.4, 0.5) is 18.9 Å². The molecule has 0 saturated carbocycles. The Morgan fingerprint density at radius 2 is 1.94 bits per heavy atom. The number of anilines is 1. The van der Waals surface area contributed by atoms with Crippen LogP contribution in [0.25, 0.3) is 0 Å². The number of halogens is 3. The van der Waals surface area contributed by atoms with Crippen molar-refractivity contribution in [2.75, 3.05) is 11.9 Å². The van der Waals surface area contributed by atoms with Gasteiger partial charge in [0.2, 0.25) is 0 Å². The molecule has 1 unspecified atom stereocenters. The van der Waals surface area contributed by atoms with Crippen molar-refractivity contribution in [2.24, 2.45) is 5.73 Å². The molecule has 0 aromatic heterocycles. The lowest BCUT2D eigenvalue weighted by Crippen LogP contribution is -2.24. The number of para-hydroxylation sites is 1. The highest BCUT2D eigenvalue weighted by atomic mass is 19.4. The Labute approximate surface area is 99.0 Å². The van der Waals surface area contributed by atoms with Crippen LogP contribution in [-0.4, -0.2) is 12.6 Å². The number of nitrogens with one attached hydrogen (secondary N) is 1. The molecule has 17 heavy (non-hydrogen) atoms. The molecule has 0 aliphatic heterocycles. The molecule has 0 amide bonds. The van der Waals surface area contributed by atoms with Crippen LogP contribution in [0.1, 0.15) is 25.3 Å². The molecule has 0 saturated heterocycles. The van der Waals surface area contributed by atoms with Crippen LogP contribution in [0, 0.1) is 0 Å². The minimum atomic E-state index is -4.33. The first kappa shape index (κ1) is 13.8. The van der Waals surface area contributed by atoms with Gasteiger partial charge in [0.15, 0.2) is 0 Å². The molecule has 2 nitrogen and oxygen atoms in total. The normalized spacial score (nSPS) is 13.5. The molecule has 5 heteroatoms. The quantitative estimate of drug-likeness (QED) is 0.837. The summed E-state index contributed by atoms with van der Waals surface area (Å²) in [6.07, 6.45) is -2.93. The maximum absolute atomic E-state index is 12.7. The molecular formula is C12H17F3N2. The summed E-state index contributed by atoms with van der Waals surface area (Å²) < 4.78 is 38.2. The lowest BCUT2D eigenvalue weighted by atomic mass is 10.1. The summed E-state index contributed by atoms with van der Waals surface area (Å²) in [7, 11) is 0. The van der Waals surface area contributed by atoms with E-state index in [0.717, 1.165) is 12.5 Å². The first-order valence-corrected chi connectivity index (χ1v) is 5.61. The van der Waals surface area contributed by atoms with Gasteiger partial charge in [-0.05, 0) is 31.5 Å². The summed E-state index contributed by atoms with van der Waals surface area (Å²) in [5.74, 6) is 0. The maximum atomic E-state index is 12.7.